The normalized spacial score (nSPS) is 18.7. The Morgan fingerprint density at radius 2 is 1.84 bits per heavy atom. The second kappa shape index (κ2) is 8.11. The van der Waals surface area contributed by atoms with Gasteiger partial charge in [0, 0.05) is 35.7 Å². The first-order chi connectivity index (χ1) is 15.5. The maximum Gasteiger partial charge on any atom is 0.267 e. The van der Waals surface area contributed by atoms with E-state index in [1.54, 1.807) is 21.5 Å². The summed E-state index contributed by atoms with van der Waals surface area (Å²) in [6, 6.07) is 13.1. The van der Waals surface area contributed by atoms with Gasteiger partial charge in [-0.2, -0.15) is 5.10 Å². The highest BCUT2D eigenvalue weighted by Gasteiger charge is 2.26. The highest BCUT2D eigenvalue weighted by Crippen LogP contribution is 2.27. The van der Waals surface area contributed by atoms with Crippen LogP contribution in [0.15, 0.2) is 59.7 Å². The number of carbonyl (C=O) groups is 1. The molecule has 0 radical (unpaired) electrons. The summed E-state index contributed by atoms with van der Waals surface area (Å²) in [6.45, 7) is 3.91. The van der Waals surface area contributed by atoms with Gasteiger partial charge < -0.3 is 9.72 Å². The first-order valence-electron chi connectivity index (χ1n) is 11.0. The van der Waals surface area contributed by atoms with Gasteiger partial charge in [-0.25, -0.2) is 9.36 Å². The summed E-state index contributed by atoms with van der Waals surface area (Å²) in [5, 5.41) is 12.2. The summed E-state index contributed by atoms with van der Waals surface area (Å²) in [6.07, 6.45) is 6.98. The van der Waals surface area contributed by atoms with E-state index in [4.69, 9.17) is 0 Å². The Morgan fingerprint density at radius 3 is 2.56 bits per heavy atom. The maximum atomic E-state index is 12.7. The third-order valence-corrected chi connectivity index (χ3v) is 6.18. The Bertz CT molecular complexity index is 1310. The van der Waals surface area contributed by atoms with Gasteiger partial charge in [-0.15, -0.1) is 5.10 Å². The minimum atomic E-state index is -0.108. The Balaban J connectivity index is 1.26. The summed E-state index contributed by atoms with van der Waals surface area (Å²) in [4.78, 5) is 25.2. The van der Waals surface area contributed by atoms with Crippen LogP contribution in [0.25, 0.3) is 11.3 Å². The van der Waals surface area contributed by atoms with Crippen LogP contribution in [-0.2, 0) is 0 Å². The second-order valence-corrected chi connectivity index (χ2v) is 8.55. The maximum absolute atomic E-state index is 12.7. The van der Waals surface area contributed by atoms with Gasteiger partial charge in [0.05, 0.1) is 17.3 Å². The van der Waals surface area contributed by atoms with Crippen LogP contribution >= 0.6 is 0 Å². The molecule has 0 aliphatic heterocycles. The molecule has 0 spiro atoms. The number of nitrogens with zero attached hydrogens (tertiary/aromatic N) is 5. The minimum Gasteiger partial charge on any atom is -0.349 e. The molecule has 5 rings (SSSR count). The average molecular weight is 431 g/mol. The predicted molar refractivity (Wildman–Crippen MR) is 121 cm³/mol. The highest BCUT2D eigenvalue weighted by atomic mass is 16.2. The molecule has 0 unspecified atom stereocenters. The number of rotatable bonds is 4. The lowest BCUT2D eigenvalue weighted by Gasteiger charge is -2.29. The lowest BCUT2D eigenvalue weighted by molar-refractivity contribution is 0.0921. The number of hydrogen-bond acceptors (Lipinski definition) is 4. The number of aromatic nitrogens is 5. The Kier molecular flexibility index (Phi) is 5.13. The molecule has 32 heavy (non-hydrogen) atoms. The average Bonchev–Trinajstić information content (AvgIpc) is 3.37. The minimum absolute atomic E-state index is 0.0182. The van der Waals surface area contributed by atoms with Gasteiger partial charge in [0.15, 0.2) is 5.82 Å². The molecule has 164 valence electrons. The largest absolute Gasteiger partial charge is 0.349 e. The number of hydrogen-bond donors (Lipinski definition) is 1. The van der Waals surface area contributed by atoms with Gasteiger partial charge in [-0.1, -0.05) is 6.07 Å². The molecule has 4 heterocycles. The van der Waals surface area contributed by atoms with Crippen LogP contribution in [0.3, 0.4) is 0 Å². The van der Waals surface area contributed by atoms with E-state index < -0.39 is 0 Å². The first-order valence-corrected chi connectivity index (χ1v) is 11.0. The molecule has 0 bridgehead atoms. The van der Waals surface area contributed by atoms with Gasteiger partial charge in [-0.3, -0.25) is 9.59 Å². The zero-order valence-corrected chi connectivity index (χ0v) is 18.2. The van der Waals surface area contributed by atoms with Crippen LogP contribution in [-0.4, -0.2) is 35.9 Å². The Morgan fingerprint density at radius 1 is 1.03 bits per heavy atom. The summed E-state index contributed by atoms with van der Waals surface area (Å²) in [5.74, 6) is 0.588. The van der Waals surface area contributed by atoms with Crippen LogP contribution in [0.5, 0.6) is 0 Å². The molecule has 8 nitrogen and oxygen atoms in total. The second-order valence-electron chi connectivity index (χ2n) is 8.55. The van der Waals surface area contributed by atoms with Gasteiger partial charge in [-0.05, 0) is 69.9 Å². The topological polar surface area (TPSA) is 86.2 Å². The molecule has 0 atom stereocenters. The molecule has 1 saturated carbocycles. The molecule has 0 saturated heterocycles. The fourth-order valence-electron chi connectivity index (χ4n) is 4.56. The number of carbonyl (C=O) groups excluding carboxylic acids is 1. The lowest BCUT2D eigenvalue weighted by Crippen LogP contribution is -2.39. The molecule has 1 fully saturated rings. The van der Waals surface area contributed by atoms with Crippen molar-refractivity contribution in [3.05, 3.63) is 82.2 Å². The standard InChI is InChI=1S/C24H26N6O2/c1-16-13-17(2)29(26-16)22-10-11-23(31)30(27-22)20-8-6-19(7-9-20)25-24(32)18-14-21-5-3-4-12-28(21)15-18/h3-5,10-15,19-20H,6-9H2,1-2H3,(H,25,32). The van der Waals surface area contributed by atoms with E-state index in [1.807, 2.05) is 61.0 Å². The number of fused-ring (bicyclic) bond motifs is 1. The van der Waals surface area contributed by atoms with Crippen molar-refractivity contribution in [2.45, 2.75) is 51.6 Å². The molecule has 1 amide bonds. The van der Waals surface area contributed by atoms with Crippen molar-refractivity contribution in [2.75, 3.05) is 0 Å². The molecule has 1 aliphatic carbocycles. The molecule has 4 aromatic heterocycles. The number of aryl methyl sites for hydroxylation is 2. The molecule has 1 N–H and O–H groups in total. The van der Waals surface area contributed by atoms with Gasteiger partial charge >= 0.3 is 0 Å². The lowest BCUT2D eigenvalue weighted by atomic mass is 9.91. The van der Waals surface area contributed by atoms with Crippen LogP contribution in [0.2, 0.25) is 0 Å². The van der Waals surface area contributed by atoms with Gasteiger partial charge in [0.1, 0.15) is 0 Å². The van der Waals surface area contributed by atoms with E-state index in [9.17, 15) is 9.59 Å². The summed E-state index contributed by atoms with van der Waals surface area (Å²) in [7, 11) is 0. The Hall–Kier alpha value is -3.68. The molecule has 0 aromatic carbocycles. The number of amides is 1. The van der Waals surface area contributed by atoms with Crippen molar-refractivity contribution in [3.63, 3.8) is 0 Å². The van der Waals surface area contributed by atoms with E-state index in [0.717, 1.165) is 42.6 Å². The Labute approximate surface area is 185 Å². The van der Waals surface area contributed by atoms with E-state index >= 15 is 0 Å². The fraction of sp³-hybridized carbons (Fsp3) is 0.333. The highest BCUT2D eigenvalue weighted by molar-refractivity contribution is 5.95. The SMILES string of the molecule is Cc1cc(C)n(-c2ccc(=O)n(C3CCC(NC(=O)c4cc5ccccn5c4)CC3)n2)n1. The van der Waals surface area contributed by atoms with E-state index in [1.165, 1.54) is 0 Å². The van der Waals surface area contributed by atoms with Crippen molar-refractivity contribution in [1.82, 2.24) is 29.3 Å². The van der Waals surface area contributed by atoms with Crippen molar-refractivity contribution < 1.29 is 4.79 Å². The summed E-state index contributed by atoms with van der Waals surface area (Å²) >= 11 is 0. The van der Waals surface area contributed by atoms with E-state index in [2.05, 4.69) is 15.5 Å². The fourth-order valence-corrected chi connectivity index (χ4v) is 4.56. The smallest absolute Gasteiger partial charge is 0.267 e. The van der Waals surface area contributed by atoms with Crippen LogP contribution in [0.1, 0.15) is 53.5 Å². The molecule has 4 aromatic rings. The van der Waals surface area contributed by atoms with Crippen LogP contribution in [0, 0.1) is 13.8 Å². The number of nitrogens with one attached hydrogen (secondary N) is 1. The molecular formula is C24H26N6O2. The van der Waals surface area contributed by atoms with Crippen molar-refractivity contribution in [1.29, 1.82) is 0 Å². The van der Waals surface area contributed by atoms with E-state index in [0.29, 0.717) is 11.4 Å². The zero-order valence-electron chi connectivity index (χ0n) is 18.2. The van der Waals surface area contributed by atoms with Gasteiger partial charge in [0.25, 0.3) is 11.5 Å². The predicted octanol–water partition coefficient (Wildman–Crippen LogP) is 3.21. The molecule has 1 aliphatic rings. The number of pyridine rings is 1. The first kappa shape index (κ1) is 20.2. The zero-order chi connectivity index (χ0) is 22.2. The van der Waals surface area contributed by atoms with Gasteiger partial charge in [0.2, 0.25) is 0 Å². The summed E-state index contributed by atoms with van der Waals surface area (Å²) < 4.78 is 5.29. The van der Waals surface area contributed by atoms with Crippen molar-refractivity contribution in [2.24, 2.45) is 0 Å². The van der Waals surface area contributed by atoms with Crippen molar-refractivity contribution >= 4 is 11.4 Å². The van der Waals surface area contributed by atoms with E-state index in [-0.39, 0.29) is 23.6 Å². The molecular weight excluding hydrogens is 404 g/mol. The third kappa shape index (κ3) is 3.84. The van der Waals surface area contributed by atoms with Crippen LogP contribution < -0.4 is 10.9 Å². The summed E-state index contributed by atoms with van der Waals surface area (Å²) in [5.41, 5.74) is 3.44. The van der Waals surface area contributed by atoms with Crippen LogP contribution in [0.4, 0.5) is 0 Å². The monoisotopic (exact) mass is 430 g/mol. The molecule has 8 heteroatoms. The third-order valence-electron chi connectivity index (χ3n) is 6.18. The van der Waals surface area contributed by atoms with Crippen molar-refractivity contribution in [3.8, 4) is 5.82 Å². The quantitative estimate of drug-likeness (QED) is 0.539.